The Hall–Kier alpha value is -1.23. The van der Waals surface area contributed by atoms with Crippen molar-refractivity contribution in [1.82, 2.24) is 9.55 Å². The Kier molecular flexibility index (Phi) is 2.58. The normalized spacial score (nSPS) is 17.4. The number of nitrogen functional groups attached to an aromatic ring is 1. The summed E-state index contributed by atoms with van der Waals surface area (Å²) in [6.07, 6.45) is 1.72. The summed E-state index contributed by atoms with van der Waals surface area (Å²) in [6.45, 7) is 6.28. The first kappa shape index (κ1) is 9.33. The molecule has 0 unspecified atom stereocenters. The minimum Gasteiger partial charge on any atom is -0.384 e. The van der Waals surface area contributed by atoms with Crippen LogP contribution in [-0.4, -0.2) is 35.9 Å². The molecule has 0 saturated carbocycles. The van der Waals surface area contributed by atoms with E-state index in [4.69, 9.17) is 10.5 Å². The summed E-state index contributed by atoms with van der Waals surface area (Å²) in [5.74, 6) is 1.70. The van der Waals surface area contributed by atoms with Gasteiger partial charge in [-0.3, -0.25) is 4.57 Å². The number of aromatic nitrogens is 2. The van der Waals surface area contributed by atoms with Gasteiger partial charge in [-0.05, 0) is 6.92 Å². The van der Waals surface area contributed by atoms with Gasteiger partial charge in [0.1, 0.15) is 5.82 Å². The number of nitrogens with two attached hydrogens (primary N) is 1. The zero-order valence-corrected chi connectivity index (χ0v) is 8.44. The van der Waals surface area contributed by atoms with Crippen LogP contribution in [0, 0.1) is 0 Å². The van der Waals surface area contributed by atoms with Crippen LogP contribution in [0.1, 0.15) is 6.92 Å². The average Bonchev–Trinajstić information content (AvgIpc) is 2.61. The highest BCUT2D eigenvalue weighted by Gasteiger charge is 2.16. The topological polar surface area (TPSA) is 56.3 Å². The Balaban J connectivity index is 2.21. The van der Waals surface area contributed by atoms with E-state index in [-0.39, 0.29) is 0 Å². The molecular weight excluding hydrogens is 180 g/mol. The molecule has 5 heteroatoms. The Bertz CT molecular complexity index is 304. The number of hydrogen-bond acceptors (Lipinski definition) is 4. The van der Waals surface area contributed by atoms with Gasteiger partial charge in [-0.15, -0.1) is 0 Å². The lowest BCUT2D eigenvalue weighted by atomic mass is 10.4. The van der Waals surface area contributed by atoms with Gasteiger partial charge in [0.05, 0.1) is 19.4 Å². The molecule has 14 heavy (non-hydrogen) atoms. The highest BCUT2D eigenvalue weighted by atomic mass is 16.5. The van der Waals surface area contributed by atoms with Gasteiger partial charge in [-0.1, -0.05) is 0 Å². The van der Waals surface area contributed by atoms with Gasteiger partial charge in [0.25, 0.3) is 0 Å². The van der Waals surface area contributed by atoms with Gasteiger partial charge < -0.3 is 15.4 Å². The van der Waals surface area contributed by atoms with Crippen molar-refractivity contribution >= 4 is 11.8 Å². The molecular formula is C9H16N4O. The summed E-state index contributed by atoms with van der Waals surface area (Å²) < 4.78 is 7.31. The smallest absolute Gasteiger partial charge is 0.207 e. The molecule has 5 nitrogen and oxygen atoms in total. The largest absolute Gasteiger partial charge is 0.384 e. The Morgan fingerprint density at radius 1 is 1.50 bits per heavy atom. The first-order chi connectivity index (χ1) is 6.83. The predicted octanol–water partition coefficient (Wildman–Crippen LogP) is 0.322. The van der Waals surface area contributed by atoms with E-state index < -0.39 is 0 Å². The molecule has 2 rings (SSSR count). The van der Waals surface area contributed by atoms with E-state index in [1.54, 1.807) is 6.20 Å². The van der Waals surface area contributed by atoms with Gasteiger partial charge in [-0.2, -0.15) is 0 Å². The molecule has 1 aliphatic rings. The molecule has 1 aliphatic heterocycles. The van der Waals surface area contributed by atoms with Crippen LogP contribution >= 0.6 is 0 Å². The highest BCUT2D eigenvalue weighted by molar-refractivity contribution is 5.42. The molecule has 0 atom stereocenters. The third-order valence-electron chi connectivity index (χ3n) is 2.48. The SMILES string of the molecule is CCn1c(N)cnc1N1CCOCC1. The van der Waals surface area contributed by atoms with E-state index in [1.165, 1.54) is 0 Å². The summed E-state index contributed by atoms with van der Waals surface area (Å²) in [5, 5.41) is 0. The van der Waals surface area contributed by atoms with Gasteiger partial charge in [0.15, 0.2) is 0 Å². The van der Waals surface area contributed by atoms with E-state index in [0.29, 0.717) is 0 Å². The second-order valence-corrected chi connectivity index (χ2v) is 3.33. The molecule has 1 saturated heterocycles. The quantitative estimate of drug-likeness (QED) is 0.740. The van der Waals surface area contributed by atoms with Crippen molar-refractivity contribution in [1.29, 1.82) is 0 Å². The number of rotatable bonds is 2. The number of anilines is 2. The lowest BCUT2D eigenvalue weighted by Crippen LogP contribution is -2.38. The van der Waals surface area contributed by atoms with Crippen LogP contribution in [0.4, 0.5) is 11.8 Å². The maximum Gasteiger partial charge on any atom is 0.207 e. The summed E-state index contributed by atoms with van der Waals surface area (Å²) in [5.41, 5.74) is 5.80. The van der Waals surface area contributed by atoms with Crippen LogP contribution in [0.25, 0.3) is 0 Å². The van der Waals surface area contributed by atoms with Gasteiger partial charge in [-0.25, -0.2) is 4.98 Å². The second kappa shape index (κ2) is 3.88. The molecule has 0 amide bonds. The second-order valence-electron chi connectivity index (χ2n) is 3.33. The lowest BCUT2D eigenvalue weighted by molar-refractivity contribution is 0.121. The summed E-state index contributed by atoms with van der Waals surface area (Å²) in [7, 11) is 0. The average molecular weight is 196 g/mol. The van der Waals surface area contributed by atoms with Crippen LogP contribution in [-0.2, 0) is 11.3 Å². The van der Waals surface area contributed by atoms with Crippen LogP contribution in [0.3, 0.4) is 0 Å². The maximum atomic E-state index is 5.80. The van der Waals surface area contributed by atoms with Crippen LogP contribution in [0.5, 0.6) is 0 Å². The standard InChI is InChI=1S/C9H16N4O/c1-2-13-8(10)7-11-9(13)12-3-5-14-6-4-12/h7H,2-6,10H2,1H3. The fourth-order valence-electron chi connectivity index (χ4n) is 1.72. The summed E-state index contributed by atoms with van der Waals surface area (Å²) in [4.78, 5) is 6.53. The van der Waals surface area contributed by atoms with E-state index >= 15 is 0 Å². The number of imidazole rings is 1. The van der Waals surface area contributed by atoms with E-state index in [0.717, 1.165) is 44.6 Å². The van der Waals surface area contributed by atoms with Gasteiger partial charge in [0.2, 0.25) is 5.95 Å². The number of hydrogen-bond donors (Lipinski definition) is 1. The summed E-state index contributed by atoms with van der Waals surface area (Å²) in [6, 6.07) is 0. The minimum atomic E-state index is 0.731. The van der Waals surface area contributed by atoms with Crippen LogP contribution < -0.4 is 10.6 Å². The van der Waals surface area contributed by atoms with Crippen LogP contribution in [0.2, 0.25) is 0 Å². The molecule has 0 radical (unpaired) electrons. The third-order valence-corrected chi connectivity index (χ3v) is 2.48. The molecule has 1 aromatic heterocycles. The van der Waals surface area contributed by atoms with E-state index in [9.17, 15) is 0 Å². The third kappa shape index (κ3) is 1.55. The molecule has 2 heterocycles. The van der Waals surface area contributed by atoms with Gasteiger partial charge in [0, 0.05) is 19.6 Å². The fraction of sp³-hybridized carbons (Fsp3) is 0.667. The Morgan fingerprint density at radius 3 is 2.86 bits per heavy atom. The molecule has 0 spiro atoms. The Labute approximate surface area is 83.5 Å². The summed E-state index contributed by atoms with van der Waals surface area (Å²) >= 11 is 0. The zero-order chi connectivity index (χ0) is 9.97. The lowest BCUT2D eigenvalue weighted by Gasteiger charge is -2.28. The first-order valence-electron chi connectivity index (χ1n) is 4.96. The van der Waals surface area contributed by atoms with E-state index in [1.807, 2.05) is 4.57 Å². The molecule has 0 aromatic carbocycles. The zero-order valence-electron chi connectivity index (χ0n) is 8.44. The number of morpholine rings is 1. The monoisotopic (exact) mass is 196 g/mol. The molecule has 2 N–H and O–H groups in total. The van der Waals surface area contributed by atoms with Crippen molar-refractivity contribution < 1.29 is 4.74 Å². The van der Waals surface area contributed by atoms with Crippen molar-refractivity contribution in [2.24, 2.45) is 0 Å². The van der Waals surface area contributed by atoms with Crippen molar-refractivity contribution in [3.05, 3.63) is 6.20 Å². The van der Waals surface area contributed by atoms with Crippen molar-refractivity contribution in [3.8, 4) is 0 Å². The predicted molar refractivity (Wildman–Crippen MR) is 55.3 cm³/mol. The van der Waals surface area contributed by atoms with Crippen molar-refractivity contribution in [3.63, 3.8) is 0 Å². The number of ether oxygens (including phenoxy) is 1. The van der Waals surface area contributed by atoms with Crippen molar-refractivity contribution in [2.45, 2.75) is 13.5 Å². The maximum absolute atomic E-state index is 5.80. The number of nitrogens with zero attached hydrogens (tertiary/aromatic N) is 3. The molecule has 1 fully saturated rings. The van der Waals surface area contributed by atoms with E-state index in [2.05, 4.69) is 16.8 Å². The molecule has 0 bridgehead atoms. The molecule has 1 aromatic rings. The minimum absolute atomic E-state index is 0.731. The van der Waals surface area contributed by atoms with Crippen molar-refractivity contribution in [2.75, 3.05) is 36.9 Å². The highest BCUT2D eigenvalue weighted by Crippen LogP contribution is 2.17. The van der Waals surface area contributed by atoms with Gasteiger partial charge >= 0.3 is 0 Å². The molecule has 0 aliphatic carbocycles. The molecule has 78 valence electrons. The van der Waals surface area contributed by atoms with Crippen LogP contribution in [0.15, 0.2) is 6.20 Å². The first-order valence-corrected chi connectivity index (χ1v) is 4.96. The fourth-order valence-corrected chi connectivity index (χ4v) is 1.72. The Morgan fingerprint density at radius 2 is 2.21 bits per heavy atom.